The van der Waals surface area contributed by atoms with Crippen LogP contribution >= 0.6 is 0 Å². The highest BCUT2D eigenvalue weighted by molar-refractivity contribution is 5.44. The zero-order chi connectivity index (χ0) is 11.1. The molecule has 1 heterocycles. The van der Waals surface area contributed by atoms with Gasteiger partial charge >= 0.3 is 0 Å². The van der Waals surface area contributed by atoms with E-state index in [0.717, 1.165) is 30.6 Å². The maximum absolute atomic E-state index is 5.88. The molecule has 0 fully saturated rings. The van der Waals surface area contributed by atoms with Crippen molar-refractivity contribution < 1.29 is 0 Å². The van der Waals surface area contributed by atoms with Crippen LogP contribution in [0, 0.1) is 0 Å². The van der Waals surface area contributed by atoms with E-state index in [1.807, 2.05) is 12.3 Å². The molecule has 0 saturated carbocycles. The normalized spacial score (nSPS) is 12.7. The highest BCUT2D eigenvalue weighted by Gasteiger charge is 2.08. The molecule has 0 amide bonds. The Balaban J connectivity index is 2.54. The standard InChI is InChI=1S/C12H21N3/c1-3-6-15-11(4-2)8-10-9-14-7-5-12(10)13/h5,7,9,11,15H,3-4,6,8H2,1-2H3,(H2,13,14). The Bertz CT molecular complexity index is 286. The van der Waals surface area contributed by atoms with Crippen molar-refractivity contribution in [1.82, 2.24) is 10.3 Å². The Morgan fingerprint density at radius 2 is 2.27 bits per heavy atom. The first-order valence-electron chi connectivity index (χ1n) is 5.69. The minimum absolute atomic E-state index is 0.511. The van der Waals surface area contributed by atoms with Gasteiger partial charge in [-0.3, -0.25) is 4.98 Å². The van der Waals surface area contributed by atoms with Gasteiger partial charge in [-0.2, -0.15) is 0 Å². The van der Waals surface area contributed by atoms with E-state index in [4.69, 9.17) is 5.73 Å². The van der Waals surface area contributed by atoms with Gasteiger partial charge in [-0.05, 0) is 37.4 Å². The summed E-state index contributed by atoms with van der Waals surface area (Å²) in [4.78, 5) is 4.11. The summed E-state index contributed by atoms with van der Waals surface area (Å²) in [6.45, 7) is 5.44. The fourth-order valence-corrected chi connectivity index (χ4v) is 1.58. The van der Waals surface area contributed by atoms with Gasteiger partial charge in [0.2, 0.25) is 0 Å². The molecule has 0 saturated heterocycles. The first-order chi connectivity index (χ1) is 7.27. The molecule has 0 spiro atoms. The first-order valence-corrected chi connectivity index (χ1v) is 5.69. The highest BCUT2D eigenvalue weighted by Crippen LogP contribution is 2.12. The van der Waals surface area contributed by atoms with Gasteiger partial charge in [0.1, 0.15) is 0 Å². The average molecular weight is 207 g/mol. The smallest absolute Gasteiger partial charge is 0.0378 e. The van der Waals surface area contributed by atoms with Gasteiger partial charge in [-0.1, -0.05) is 13.8 Å². The quantitative estimate of drug-likeness (QED) is 0.750. The molecule has 3 heteroatoms. The maximum Gasteiger partial charge on any atom is 0.0378 e. The zero-order valence-electron chi connectivity index (χ0n) is 9.66. The van der Waals surface area contributed by atoms with Gasteiger partial charge in [0.15, 0.2) is 0 Å². The fraction of sp³-hybridized carbons (Fsp3) is 0.583. The van der Waals surface area contributed by atoms with Gasteiger partial charge in [0, 0.05) is 24.1 Å². The minimum Gasteiger partial charge on any atom is -0.398 e. The number of aromatic nitrogens is 1. The summed E-state index contributed by atoms with van der Waals surface area (Å²) in [5.41, 5.74) is 7.88. The van der Waals surface area contributed by atoms with Crippen LogP contribution in [-0.2, 0) is 6.42 Å². The van der Waals surface area contributed by atoms with Crippen molar-refractivity contribution in [2.75, 3.05) is 12.3 Å². The van der Waals surface area contributed by atoms with Gasteiger partial charge < -0.3 is 11.1 Å². The predicted molar refractivity (Wildman–Crippen MR) is 64.7 cm³/mol. The second-order valence-corrected chi connectivity index (χ2v) is 3.84. The van der Waals surface area contributed by atoms with Crippen LogP contribution in [-0.4, -0.2) is 17.6 Å². The molecule has 3 nitrogen and oxygen atoms in total. The Labute approximate surface area is 92.1 Å². The summed E-state index contributed by atoms with van der Waals surface area (Å²) in [5.74, 6) is 0. The Morgan fingerprint density at radius 1 is 1.47 bits per heavy atom. The molecule has 1 aromatic rings. The number of anilines is 1. The molecule has 0 aliphatic carbocycles. The summed E-state index contributed by atoms with van der Waals surface area (Å²) in [6, 6.07) is 2.37. The molecule has 1 unspecified atom stereocenters. The molecule has 1 atom stereocenters. The number of hydrogen-bond donors (Lipinski definition) is 2. The summed E-state index contributed by atoms with van der Waals surface area (Å²) < 4.78 is 0. The van der Waals surface area contributed by atoms with Crippen molar-refractivity contribution in [3.05, 3.63) is 24.0 Å². The van der Waals surface area contributed by atoms with Crippen LogP contribution in [0.4, 0.5) is 5.69 Å². The number of rotatable bonds is 6. The molecule has 1 rings (SSSR count). The summed E-state index contributed by atoms with van der Waals surface area (Å²) in [6.07, 6.45) is 6.86. The van der Waals surface area contributed by atoms with Gasteiger partial charge in [0.05, 0.1) is 0 Å². The molecule has 84 valence electrons. The molecule has 15 heavy (non-hydrogen) atoms. The van der Waals surface area contributed by atoms with E-state index < -0.39 is 0 Å². The monoisotopic (exact) mass is 207 g/mol. The summed E-state index contributed by atoms with van der Waals surface area (Å²) in [5, 5.41) is 3.51. The predicted octanol–water partition coefficient (Wildman–Crippen LogP) is 1.98. The molecule has 0 bridgehead atoms. The van der Waals surface area contributed by atoms with Gasteiger partial charge in [-0.25, -0.2) is 0 Å². The van der Waals surface area contributed by atoms with E-state index >= 15 is 0 Å². The SMILES string of the molecule is CCCNC(CC)Cc1cnccc1N. The lowest BCUT2D eigenvalue weighted by Crippen LogP contribution is -2.31. The fourth-order valence-electron chi connectivity index (χ4n) is 1.58. The average Bonchev–Trinajstić information content (AvgIpc) is 2.26. The third-order valence-electron chi connectivity index (χ3n) is 2.58. The lowest BCUT2D eigenvalue weighted by molar-refractivity contribution is 0.495. The number of nitrogens with zero attached hydrogens (tertiary/aromatic N) is 1. The number of nitrogens with one attached hydrogen (secondary N) is 1. The molecule has 1 aromatic heterocycles. The van der Waals surface area contributed by atoms with Crippen molar-refractivity contribution >= 4 is 5.69 Å². The van der Waals surface area contributed by atoms with E-state index in [1.165, 1.54) is 6.42 Å². The molecular weight excluding hydrogens is 186 g/mol. The van der Waals surface area contributed by atoms with Crippen LogP contribution < -0.4 is 11.1 Å². The second-order valence-electron chi connectivity index (χ2n) is 3.84. The lowest BCUT2D eigenvalue weighted by atomic mass is 10.0. The van der Waals surface area contributed by atoms with Gasteiger partial charge in [-0.15, -0.1) is 0 Å². The maximum atomic E-state index is 5.88. The van der Waals surface area contributed by atoms with Crippen LogP contribution in [0.15, 0.2) is 18.5 Å². The van der Waals surface area contributed by atoms with Crippen LogP contribution in [0.25, 0.3) is 0 Å². The molecule has 0 aliphatic rings. The van der Waals surface area contributed by atoms with Crippen LogP contribution in [0.1, 0.15) is 32.3 Å². The Kier molecular flexibility index (Phi) is 5.12. The van der Waals surface area contributed by atoms with E-state index in [0.29, 0.717) is 6.04 Å². The van der Waals surface area contributed by atoms with Crippen molar-refractivity contribution in [2.45, 2.75) is 39.2 Å². The van der Waals surface area contributed by atoms with E-state index in [9.17, 15) is 0 Å². The van der Waals surface area contributed by atoms with E-state index in [1.54, 1.807) is 6.20 Å². The lowest BCUT2D eigenvalue weighted by Gasteiger charge is -2.17. The van der Waals surface area contributed by atoms with Crippen molar-refractivity contribution in [3.63, 3.8) is 0 Å². The van der Waals surface area contributed by atoms with Crippen LogP contribution in [0.3, 0.4) is 0 Å². The third-order valence-corrected chi connectivity index (χ3v) is 2.58. The number of nitrogens with two attached hydrogens (primary N) is 1. The summed E-state index contributed by atoms with van der Waals surface area (Å²) >= 11 is 0. The number of nitrogen functional groups attached to an aromatic ring is 1. The highest BCUT2D eigenvalue weighted by atomic mass is 14.9. The summed E-state index contributed by atoms with van der Waals surface area (Å²) in [7, 11) is 0. The Hall–Kier alpha value is -1.09. The van der Waals surface area contributed by atoms with Crippen LogP contribution in [0.5, 0.6) is 0 Å². The minimum atomic E-state index is 0.511. The van der Waals surface area contributed by atoms with Crippen molar-refractivity contribution in [2.24, 2.45) is 0 Å². The first kappa shape index (κ1) is 12.0. The zero-order valence-corrected chi connectivity index (χ0v) is 9.66. The third kappa shape index (κ3) is 3.88. The second kappa shape index (κ2) is 6.40. The Morgan fingerprint density at radius 3 is 2.87 bits per heavy atom. The van der Waals surface area contributed by atoms with E-state index in [-0.39, 0.29) is 0 Å². The largest absolute Gasteiger partial charge is 0.398 e. The molecular formula is C12H21N3. The topological polar surface area (TPSA) is 50.9 Å². The molecule has 0 aliphatic heterocycles. The van der Waals surface area contributed by atoms with Gasteiger partial charge in [0.25, 0.3) is 0 Å². The number of pyridine rings is 1. The van der Waals surface area contributed by atoms with E-state index in [2.05, 4.69) is 24.1 Å². The van der Waals surface area contributed by atoms with Crippen LogP contribution in [0.2, 0.25) is 0 Å². The number of hydrogen-bond acceptors (Lipinski definition) is 3. The molecule has 0 radical (unpaired) electrons. The molecule has 0 aromatic carbocycles. The van der Waals surface area contributed by atoms with Crippen molar-refractivity contribution in [3.8, 4) is 0 Å². The molecule has 3 N–H and O–H groups in total. The van der Waals surface area contributed by atoms with Crippen molar-refractivity contribution in [1.29, 1.82) is 0 Å².